The molecule has 0 aliphatic rings. The Morgan fingerprint density at radius 3 is 2.59 bits per heavy atom. The van der Waals surface area contributed by atoms with Gasteiger partial charge in [0.05, 0.1) is 12.7 Å². The van der Waals surface area contributed by atoms with Crippen molar-refractivity contribution in [2.75, 3.05) is 12.4 Å². The van der Waals surface area contributed by atoms with Gasteiger partial charge in [0.2, 0.25) is 5.91 Å². The van der Waals surface area contributed by atoms with E-state index in [9.17, 15) is 14.4 Å². The number of nitrogens with two attached hydrogens (primary N) is 1. The van der Waals surface area contributed by atoms with Gasteiger partial charge in [0.15, 0.2) is 5.75 Å². The highest BCUT2D eigenvalue weighted by Gasteiger charge is 2.17. The van der Waals surface area contributed by atoms with E-state index in [-0.39, 0.29) is 17.9 Å². The zero-order valence-electron chi connectivity index (χ0n) is 14.5. The quantitative estimate of drug-likeness (QED) is 0.682. The Bertz CT molecular complexity index is 1040. The highest BCUT2D eigenvalue weighted by molar-refractivity contribution is 7.20. The molecule has 2 heterocycles. The van der Waals surface area contributed by atoms with Crippen LogP contribution in [0.1, 0.15) is 10.4 Å². The average Bonchev–Trinajstić information content (AvgIpc) is 3.08. The van der Waals surface area contributed by atoms with E-state index >= 15 is 0 Å². The SMILES string of the molecule is COc1cccn(CC(=O)Nc2sc(-c3ccccc3)cc2C(N)=O)c1=O. The van der Waals surface area contributed by atoms with Gasteiger partial charge in [-0.05, 0) is 23.8 Å². The van der Waals surface area contributed by atoms with Crippen LogP contribution < -0.4 is 21.3 Å². The van der Waals surface area contributed by atoms with Crippen molar-refractivity contribution in [3.63, 3.8) is 0 Å². The summed E-state index contributed by atoms with van der Waals surface area (Å²) >= 11 is 1.25. The molecule has 1 aromatic carbocycles. The Morgan fingerprint density at radius 2 is 1.93 bits per heavy atom. The Morgan fingerprint density at radius 1 is 1.19 bits per heavy atom. The van der Waals surface area contributed by atoms with Gasteiger partial charge in [-0.25, -0.2) is 0 Å². The molecule has 2 aromatic heterocycles. The van der Waals surface area contributed by atoms with Crippen LogP contribution in [0.25, 0.3) is 10.4 Å². The zero-order chi connectivity index (χ0) is 19.4. The van der Waals surface area contributed by atoms with Gasteiger partial charge in [-0.3, -0.25) is 14.4 Å². The molecule has 0 atom stereocenters. The molecular formula is C19H17N3O4S. The van der Waals surface area contributed by atoms with E-state index in [1.807, 2.05) is 30.3 Å². The summed E-state index contributed by atoms with van der Waals surface area (Å²) in [5.74, 6) is -0.942. The maximum atomic E-state index is 12.4. The van der Waals surface area contributed by atoms with E-state index in [0.29, 0.717) is 5.00 Å². The van der Waals surface area contributed by atoms with Crippen molar-refractivity contribution < 1.29 is 14.3 Å². The second-order valence-corrected chi connectivity index (χ2v) is 6.69. The Balaban J connectivity index is 1.85. The van der Waals surface area contributed by atoms with Gasteiger partial charge < -0.3 is 20.4 Å². The van der Waals surface area contributed by atoms with Crippen LogP contribution in [0.2, 0.25) is 0 Å². The maximum absolute atomic E-state index is 12.4. The van der Waals surface area contributed by atoms with Crippen molar-refractivity contribution >= 4 is 28.2 Å². The van der Waals surface area contributed by atoms with E-state index in [1.165, 1.54) is 35.3 Å². The number of methoxy groups -OCH3 is 1. The predicted octanol–water partition coefficient (Wildman–Crippen LogP) is 2.32. The molecule has 0 saturated carbocycles. The van der Waals surface area contributed by atoms with E-state index in [0.717, 1.165) is 10.4 Å². The van der Waals surface area contributed by atoms with Crippen molar-refractivity contribution in [1.29, 1.82) is 0 Å². The monoisotopic (exact) mass is 383 g/mol. The molecule has 27 heavy (non-hydrogen) atoms. The fourth-order valence-electron chi connectivity index (χ4n) is 2.53. The molecule has 138 valence electrons. The fraction of sp³-hybridized carbons (Fsp3) is 0.105. The molecule has 0 aliphatic carbocycles. The standard InChI is InChI=1S/C19H17N3O4S/c1-26-14-8-5-9-22(19(14)25)11-16(23)21-18-13(17(20)24)10-15(27-18)12-6-3-2-4-7-12/h2-10H,11H2,1H3,(H2,20,24)(H,21,23). The van der Waals surface area contributed by atoms with Crippen molar-refractivity contribution in [3.05, 3.63) is 70.6 Å². The molecule has 0 unspecified atom stereocenters. The lowest BCUT2D eigenvalue weighted by atomic mass is 10.1. The first-order chi connectivity index (χ1) is 13.0. The molecule has 0 fully saturated rings. The van der Waals surface area contributed by atoms with Crippen LogP contribution in [0.4, 0.5) is 5.00 Å². The summed E-state index contributed by atoms with van der Waals surface area (Å²) in [6.45, 7) is -0.215. The minimum Gasteiger partial charge on any atom is -0.491 e. The van der Waals surface area contributed by atoms with Crippen LogP contribution >= 0.6 is 11.3 Å². The summed E-state index contributed by atoms with van der Waals surface area (Å²) in [6, 6.07) is 14.2. The lowest BCUT2D eigenvalue weighted by Crippen LogP contribution is -2.28. The third-order valence-electron chi connectivity index (χ3n) is 3.83. The van der Waals surface area contributed by atoms with Gasteiger partial charge in [0, 0.05) is 11.1 Å². The first-order valence-corrected chi connectivity index (χ1v) is 8.83. The molecule has 2 amide bonds. The fourth-order valence-corrected chi connectivity index (χ4v) is 3.61. The summed E-state index contributed by atoms with van der Waals surface area (Å²) in [6.07, 6.45) is 1.49. The maximum Gasteiger partial charge on any atom is 0.293 e. The number of pyridine rings is 1. The number of nitrogens with one attached hydrogen (secondary N) is 1. The molecule has 0 spiro atoms. The summed E-state index contributed by atoms with van der Waals surface area (Å²) in [5, 5.41) is 3.02. The smallest absolute Gasteiger partial charge is 0.293 e. The van der Waals surface area contributed by atoms with Gasteiger partial charge in [-0.15, -0.1) is 11.3 Å². The van der Waals surface area contributed by atoms with E-state index in [2.05, 4.69) is 5.32 Å². The van der Waals surface area contributed by atoms with Gasteiger partial charge >= 0.3 is 0 Å². The number of carbonyl (C=O) groups excluding carboxylic acids is 2. The Kier molecular flexibility index (Phi) is 5.37. The third-order valence-corrected chi connectivity index (χ3v) is 4.93. The van der Waals surface area contributed by atoms with Crippen LogP contribution in [0.5, 0.6) is 5.75 Å². The molecular weight excluding hydrogens is 366 g/mol. The van der Waals surface area contributed by atoms with Crippen molar-refractivity contribution in [3.8, 4) is 16.2 Å². The molecule has 8 heteroatoms. The van der Waals surface area contributed by atoms with Gasteiger partial charge in [0.1, 0.15) is 11.5 Å². The van der Waals surface area contributed by atoms with Crippen molar-refractivity contribution in [2.45, 2.75) is 6.54 Å². The Hall–Kier alpha value is -3.39. The number of anilines is 1. The molecule has 3 aromatic rings. The van der Waals surface area contributed by atoms with Crippen molar-refractivity contribution in [2.24, 2.45) is 5.73 Å². The summed E-state index contributed by atoms with van der Waals surface area (Å²) in [7, 11) is 1.39. The topological polar surface area (TPSA) is 103 Å². The van der Waals surface area contributed by atoms with E-state index < -0.39 is 17.4 Å². The zero-order valence-corrected chi connectivity index (χ0v) is 15.3. The normalized spacial score (nSPS) is 10.4. The number of primary amides is 1. The van der Waals surface area contributed by atoms with Crippen LogP contribution in [-0.4, -0.2) is 23.5 Å². The molecule has 0 saturated heterocycles. The van der Waals surface area contributed by atoms with Gasteiger partial charge in [0.25, 0.3) is 11.5 Å². The van der Waals surface area contributed by atoms with Crippen LogP contribution in [0.15, 0.2) is 59.5 Å². The predicted molar refractivity (Wildman–Crippen MR) is 104 cm³/mol. The molecule has 7 nitrogen and oxygen atoms in total. The van der Waals surface area contributed by atoms with Crippen molar-refractivity contribution in [1.82, 2.24) is 4.57 Å². The van der Waals surface area contributed by atoms with E-state index in [1.54, 1.807) is 12.1 Å². The van der Waals surface area contributed by atoms with Crippen LogP contribution in [0.3, 0.4) is 0 Å². The number of carbonyl (C=O) groups is 2. The molecule has 3 rings (SSSR count). The van der Waals surface area contributed by atoms with E-state index in [4.69, 9.17) is 10.5 Å². The first-order valence-electron chi connectivity index (χ1n) is 8.02. The second kappa shape index (κ2) is 7.88. The van der Waals surface area contributed by atoms with Crippen LogP contribution in [-0.2, 0) is 11.3 Å². The highest BCUT2D eigenvalue weighted by atomic mass is 32.1. The third kappa shape index (κ3) is 4.06. The molecule has 0 bridgehead atoms. The highest BCUT2D eigenvalue weighted by Crippen LogP contribution is 2.35. The minimum absolute atomic E-state index is 0.144. The number of thiophene rings is 1. The number of ether oxygens (including phenoxy) is 1. The largest absolute Gasteiger partial charge is 0.491 e. The first kappa shape index (κ1) is 18.4. The number of amides is 2. The molecule has 3 N–H and O–H groups in total. The summed E-state index contributed by atoms with van der Waals surface area (Å²) < 4.78 is 6.19. The lowest BCUT2D eigenvalue weighted by molar-refractivity contribution is -0.116. The number of benzene rings is 1. The number of hydrogen-bond acceptors (Lipinski definition) is 5. The number of nitrogens with zero attached hydrogens (tertiary/aromatic N) is 1. The summed E-state index contributed by atoms with van der Waals surface area (Å²) in [4.78, 5) is 37.1. The second-order valence-electron chi connectivity index (χ2n) is 5.64. The number of rotatable bonds is 6. The number of aromatic nitrogens is 1. The molecule has 0 aliphatic heterocycles. The van der Waals surface area contributed by atoms with Gasteiger partial charge in [-0.1, -0.05) is 30.3 Å². The van der Waals surface area contributed by atoms with Gasteiger partial charge in [-0.2, -0.15) is 0 Å². The molecule has 0 radical (unpaired) electrons. The number of hydrogen-bond donors (Lipinski definition) is 2. The minimum atomic E-state index is -0.637. The lowest BCUT2D eigenvalue weighted by Gasteiger charge is -2.08. The van der Waals surface area contributed by atoms with Crippen LogP contribution in [0, 0.1) is 0 Å². The summed E-state index contributed by atoms with van der Waals surface area (Å²) in [5.41, 5.74) is 6.16. The Labute approximate surface area is 159 Å². The average molecular weight is 383 g/mol.